The van der Waals surface area contributed by atoms with E-state index in [0.717, 1.165) is 0 Å². The van der Waals surface area contributed by atoms with Crippen LogP contribution in [0, 0.1) is 5.92 Å². The lowest BCUT2D eigenvalue weighted by atomic mass is 9.85. The first-order chi connectivity index (χ1) is 19.1. The van der Waals surface area contributed by atoms with E-state index in [-0.39, 0.29) is 0 Å². The van der Waals surface area contributed by atoms with Crippen LogP contribution in [0.3, 0.4) is 0 Å². The number of hydrogen-bond donors (Lipinski definition) is 0. The van der Waals surface area contributed by atoms with Gasteiger partial charge in [0.25, 0.3) is 0 Å². The molecule has 3 aromatic rings. The smallest absolute Gasteiger partial charge is 0.00576 e. The summed E-state index contributed by atoms with van der Waals surface area (Å²) in [6.07, 6.45) is 16.1. The van der Waals surface area contributed by atoms with Gasteiger partial charge in [-0.3, -0.25) is 0 Å². The SMILES string of the molecule is CCCCc1ccc2c(c1)C(=C1c3c(CCCC)ccc(CCCC)c3CC1C)c1cc(CCCC)ccc1-2. The van der Waals surface area contributed by atoms with Crippen LogP contribution in [-0.4, -0.2) is 0 Å². The van der Waals surface area contributed by atoms with Crippen LogP contribution in [0.1, 0.15) is 130 Å². The van der Waals surface area contributed by atoms with Crippen LogP contribution in [0.4, 0.5) is 0 Å². The standard InChI is InChI=1S/C39H50/c1-6-10-14-28-18-22-32-33-23-19-29(15-11-7-2)26-36(33)39(35(32)25-28)37-27(5)24-34-30(16-12-8-3)20-21-31(38(34)37)17-13-9-4/h18-23,25-27H,6-17,24H2,1-5H3. The van der Waals surface area contributed by atoms with Crippen molar-refractivity contribution in [3.8, 4) is 11.1 Å². The van der Waals surface area contributed by atoms with Gasteiger partial charge < -0.3 is 0 Å². The molecule has 2 aliphatic carbocycles. The average Bonchev–Trinajstić information content (AvgIpc) is 3.46. The molecule has 0 saturated carbocycles. The molecule has 0 aliphatic heterocycles. The molecule has 0 N–H and O–H groups in total. The highest BCUT2D eigenvalue weighted by Crippen LogP contribution is 2.53. The van der Waals surface area contributed by atoms with Crippen LogP contribution >= 0.6 is 0 Å². The van der Waals surface area contributed by atoms with Gasteiger partial charge in [0.15, 0.2) is 0 Å². The van der Waals surface area contributed by atoms with Gasteiger partial charge in [-0.1, -0.05) is 109 Å². The number of allylic oxidation sites excluding steroid dienone is 1. The van der Waals surface area contributed by atoms with Gasteiger partial charge in [-0.2, -0.15) is 0 Å². The van der Waals surface area contributed by atoms with E-state index < -0.39 is 0 Å². The van der Waals surface area contributed by atoms with Crippen molar-refractivity contribution < 1.29 is 0 Å². The zero-order valence-electron chi connectivity index (χ0n) is 25.4. The molecule has 0 aromatic heterocycles. The summed E-state index contributed by atoms with van der Waals surface area (Å²) in [5.41, 5.74) is 18.6. The summed E-state index contributed by atoms with van der Waals surface area (Å²) in [4.78, 5) is 0. The fourth-order valence-corrected chi connectivity index (χ4v) is 7.09. The Labute approximate surface area is 239 Å². The minimum absolute atomic E-state index is 0.551. The molecule has 0 bridgehead atoms. The van der Waals surface area contributed by atoms with E-state index >= 15 is 0 Å². The van der Waals surface area contributed by atoms with Gasteiger partial charge in [0, 0.05) is 0 Å². The van der Waals surface area contributed by atoms with Crippen LogP contribution in [0.25, 0.3) is 22.3 Å². The molecule has 0 heteroatoms. The van der Waals surface area contributed by atoms with Crippen molar-refractivity contribution in [1.82, 2.24) is 0 Å². The van der Waals surface area contributed by atoms with E-state index in [1.807, 2.05) is 0 Å². The summed E-state index contributed by atoms with van der Waals surface area (Å²) < 4.78 is 0. The normalized spacial score (nSPS) is 15.6. The van der Waals surface area contributed by atoms with E-state index in [1.165, 1.54) is 117 Å². The molecule has 1 atom stereocenters. The number of unbranched alkanes of at least 4 members (excludes halogenated alkanes) is 4. The van der Waals surface area contributed by atoms with Gasteiger partial charge in [-0.25, -0.2) is 0 Å². The summed E-state index contributed by atoms with van der Waals surface area (Å²) in [5.74, 6) is 0.551. The lowest BCUT2D eigenvalue weighted by Gasteiger charge is -2.18. The van der Waals surface area contributed by atoms with Crippen LogP contribution in [0.5, 0.6) is 0 Å². The minimum atomic E-state index is 0.551. The third-order valence-corrected chi connectivity index (χ3v) is 9.27. The Morgan fingerprint density at radius 2 is 1.05 bits per heavy atom. The highest BCUT2D eigenvalue weighted by atomic mass is 14.4. The van der Waals surface area contributed by atoms with Gasteiger partial charge in [0.2, 0.25) is 0 Å². The number of aryl methyl sites for hydroxylation is 4. The minimum Gasteiger partial charge on any atom is -0.0654 e. The Morgan fingerprint density at radius 1 is 0.564 bits per heavy atom. The first kappa shape index (κ1) is 27.9. The van der Waals surface area contributed by atoms with E-state index in [9.17, 15) is 0 Å². The molecule has 0 heterocycles. The maximum atomic E-state index is 2.57. The highest BCUT2D eigenvalue weighted by Gasteiger charge is 2.35. The Kier molecular flexibility index (Phi) is 9.11. The van der Waals surface area contributed by atoms with E-state index in [4.69, 9.17) is 0 Å². The lowest BCUT2D eigenvalue weighted by molar-refractivity contribution is 0.753. The summed E-state index contributed by atoms with van der Waals surface area (Å²) in [6.45, 7) is 11.8. The second-order valence-corrected chi connectivity index (χ2v) is 12.3. The second-order valence-electron chi connectivity index (χ2n) is 12.3. The molecule has 0 fully saturated rings. The maximum absolute atomic E-state index is 2.57. The molecule has 1 unspecified atom stereocenters. The van der Waals surface area contributed by atoms with Gasteiger partial charge in [0.05, 0.1) is 0 Å². The van der Waals surface area contributed by atoms with Gasteiger partial charge in [-0.15, -0.1) is 0 Å². The fourth-order valence-electron chi connectivity index (χ4n) is 7.09. The molecular formula is C39H50. The quantitative estimate of drug-likeness (QED) is 0.175. The third kappa shape index (κ3) is 5.54. The van der Waals surface area contributed by atoms with Crippen LogP contribution in [0.15, 0.2) is 48.5 Å². The second kappa shape index (κ2) is 12.7. The summed E-state index contributed by atoms with van der Waals surface area (Å²) in [6, 6.07) is 19.8. The third-order valence-electron chi connectivity index (χ3n) is 9.27. The van der Waals surface area contributed by atoms with Crippen LogP contribution in [0.2, 0.25) is 0 Å². The lowest BCUT2D eigenvalue weighted by Crippen LogP contribution is -2.01. The average molecular weight is 519 g/mol. The molecule has 3 aromatic carbocycles. The molecule has 0 saturated heterocycles. The number of hydrogen-bond acceptors (Lipinski definition) is 0. The topological polar surface area (TPSA) is 0 Å². The molecule has 2 aliphatic rings. The largest absolute Gasteiger partial charge is 0.0654 e. The van der Waals surface area contributed by atoms with Crippen molar-refractivity contribution in [3.05, 3.63) is 93.0 Å². The first-order valence-corrected chi connectivity index (χ1v) is 16.3. The Morgan fingerprint density at radius 3 is 1.59 bits per heavy atom. The molecule has 39 heavy (non-hydrogen) atoms. The zero-order valence-corrected chi connectivity index (χ0v) is 25.4. The number of benzene rings is 3. The van der Waals surface area contributed by atoms with Crippen molar-refractivity contribution in [1.29, 1.82) is 0 Å². The van der Waals surface area contributed by atoms with Gasteiger partial charge in [-0.05, 0) is 130 Å². The summed E-state index contributed by atoms with van der Waals surface area (Å²) in [7, 11) is 0. The van der Waals surface area contributed by atoms with Crippen LogP contribution < -0.4 is 0 Å². The summed E-state index contributed by atoms with van der Waals surface area (Å²) >= 11 is 0. The molecule has 0 radical (unpaired) electrons. The van der Waals surface area contributed by atoms with Gasteiger partial charge >= 0.3 is 0 Å². The van der Waals surface area contributed by atoms with Crippen molar-refractivity contribution in [3.63, 3.8) is 0 Å². The first-order valence-electron chi connectivity index (χ1n) is 16.3. The summed E-state index contributed by atoms with van der Waals surface area (Å²) in [5, 5.41) is 0. The van der Waals surface area contributed by atoms with Crippen LogP contribution in [-0.2, 0) is 32.1 Å². The van der Waals surface area contributed by atoms with Crippen molar-refractivity contribution in [2.24, 2.45) is 5.92 Å². The maximum Gasteiger partial charge on any atom is -0.00576 e. The monoisotopic (exact) mass is 518 g/mol. The molecular weight excluding hydrogens is 468 g/mol. The Balaban J connectivity index is 1.76. The van der Waals surface area contributed by atoms with Crippen molar-refractivity contribution in [2.75, 3.05) is 0 Å². The Bertz CT molecular complexity index is 1270. The predicted octanol–water partition coefficient (Wildman–Crippen LogP) is 11.2. The zero-order chi connectivity index (χ0) is 27.4. The van der Waals surface area contributed by atoms with Crippen molar-refractivity contribution >= 4 is 11.1 Å². The molecule has 206 valence electrons. The highest BCUT2D eigenvalue weighted by molar-refractivity contribution is 6.12. The molecule has 0 spiro atoms. The molecule has 0 nitrogen and oxygen atoms in total. The van der Waals surface area contributed by atoms with Gasteiger partial charge in [0.1, 0.15) is 0 Å². The molecule has 0 amide bonds. The van der Waals surface area contributed by atoms with Crippen molar-refractivity contribution in [2.45, 2.75) is 118 Å². The Hall–Kier alpha value is -2.60. The van der Waals surface area contributed by atoms with E-state index in [2.05, 4.69) is 83.1 Å². The number of rotatable bonds is 12. The van der Waals surface area contributed by atoms with E-state index in [0.29, 0.717) is 5.92 Å². The number of fused-ring (bicyclic) bond motifs is 4. The predicted molar refractivity (Wildman–Crippen MR) is 172 cm³/mol. The fraction of sp³-hybridized carbons (Fsp3) is 0.487. The molecule has 5 rings (SSSR count). The van der Waals surface area contributed by atoms with E-state index in [1.54, 1.807) is 33.4 Å².